The van der Waals surface area contributed by atoms with E-state index in [0.29, 0.717) is 6.07 Å². The molecule has 3 N–H and O–H groups in total. The van der Waals surface area contributed by atoms with Gasteiger partial charge in [0.25, 0.3) is 5.91 Å². The molecule has 1 fully saturated rings. The molecule has 3 amide bonds. The molecule has 0 saturated carbocycles. The van der Waals surface area contributed by atoms with Crippen molar-refractivity contribution in [3.63, 3.8) is 0 Å². The quantitative estimate of drug-likeness (QED) is 0.585. The summed E-state index contributed by atoms with van der Waals surface area (Å²) in [4.78, 5) is 36.3. The van der Waals surface area contributed by atoms with Crippen LogP contribution in [-0.2, 0) is 15.7 Å². The Morgan fingerprint density at radius 2 is 2.03 bits per heavy atom. The van der Waals surface area contributed by atoms with Crippen molar-refractivity contribution in [1.29, 1.82) is 0 Å². The van der Waals surface area contributed by atoms with Crippen molar-refractivity contribution >= 4 is 17.9 Å². The van der Waals surface area contributed by atoms with Gasteiger partial charge in [-0.25, -0.2) is 4.79 Å². The summed E-state index contributed by atoms with van der Waals surface area (Å²) >= 11 is 0. The molecule has 0 bridgehead atoms. The van der Waals surface area contributed by atoms with Crippen LogP contribution in [0.25, 0.3) is 0 Å². The molecule has 0 spiro atoms. The standard InChI is InChI=1S/C18H20F3N3O5/c1-2-6-29-14-10-24(17(27)28)9-13(14)23-15(25)8-22-16(26)11-4-3-5-12(7-11)18(19,20)21/h2-5,7,13-14H,1,6,8-10H2,(H,22,26)(H,23,25)(H,27,28). The third-order valence-corrected chi connectivity index (χ3v) is 4.17. The molecule has 0 aromatic heterocycles. The molecule has 1 aromatic carbocycles. The number of hydrogen-bond acceptors (Lipinski definition) is 4. The van der Waals surface area contributed by atoms with Crippen LogP contribution < -0.4 is 10.6 Å². The second-order valence-electron chi connectivity index (χ2n) is 6.28. The van der Waals surface area contributed by atoms with Crippen LogP contribution in [0.3, 0.4) is 0 Å². The number of nitrogens with zero attached hydrogens (tertiary/aromatic N) is 1. The highest BCUT2D eigenvalue weighted by molar-refractivity contribution is 5.96. The Balaban J connectivity index is 1.92. The number of amides is 3. The molecule has 1 saturated heterocycles. The molecule has 1 aliphatic rings. The van der Waals surface area contributed by atoms with Crippen molar-refractivity contribution in [2.75, 3.05) is 26.2 Å². The minimum Gasteiger partial charge on any atom is -0.465 e. The maximum Gasteiger partial charge on any atom is 0.416 e. The fourth-order valence-electron chi connectivity index (χ4n) is 2.79. The van der Waals surface area contributed by atoms with E-state index in [1.54, 1.807) is 0 Å². The first-order valence-electron chi connectivity index (χ1n) is 8.57. The van der Waals surface area contributed by atoms with Gasteiger partial charge in [-0.1, -0.05) is 12.1 Å². The minimum atomic E-state index is -4.59. The molecule has 2 unspecified atom stereocenters. The molecule has 1 aromatic rings. The van der Waals surface area contributed by atoms with E-state index in [1.165, 1.54) is 12.1 Å². The minimum absolute atomic E-state index is 0.00442. The van der Waals surface area contributed by atoms with Crippen LogP contribution in [0, 0.1) is 0 Å². The zero-order valence-electron chi connectivity index (χ0n) is 15.2. The maximum atomic E-state index is 12.7. The molecule has 29 heavy (non-hydrogen) atoms. The van der Waals surface area contributed by atoms with Gasteiger partial charge in [0.1, 0.15) is 0 Å². The topological polar surface area (TPSA) is 108 Å². The first kappa shape index (κ1) is 22.2. The lowest BCUT2D eigenvalue weighted by atomic mass is 10.1. The van der Waals surface area contributed by atoms with E-state index >= 15 is 0 Å². The van der Waals surface area contributed by atoms with Gasteiger partial charge in [-0.3, -0.25) is 9.59 Å². The van der Waals surface area contributed by atoms with Crippen molar-refractivity contribution in [1.82, 2.24) is 15.5 Å². The van der Waals surface area contributed by atoms with Gasteiger partial charge in [0.15, 0.2) is 0 Å². The van der Waals surface area contributed by atoms with Gasteiger partial charge in [0.2, 0.25) is 5.91 Å². The summed E-state index contributed by atoms with van der Waals surface area (Å²) in [5, 5.41) is 13.9. The Bertz CT molecular complexity index is 784. The van der Waals surface area contributed by atoms with Crippen LogP contribution in [0.5, 0.6) is 0 Å². The molecule has 1 aliphatic heterocycles. The Labute approximate surface area is 164 Å². The largest absolute Gasteiger partial charge is 0.465 e. The molecule has 11 heteroatoms. The number of nitrogens with one attached hydrogen (secondary N) is 2. The highest BCUT2D eigenvalue weighted by Gasteiger charge is 2.37. The molecule has 0 radical (unpaired) electrons. The monoisotopic (exact) mass is 415 g/mol. The Hall–Kier alpha value is -3.08. The normalized spacial score (nSPS) is 18.9. The average molecular weight is 415 g/mol. The number of benzene rings is 1. The lowest BCUT2D eigenvalue weighted by Gasteiger charge is -2.19. The summed E-state index contributed by atoms with van der Waals surface area (Å²) in [7, 11) is 0. The number of alkyl halides is 3. The molecule has 8 nitrogen and oxygen atoms in total. The van der Waals surface area contributed by atoms with Gasteiger partial charge < -0.3 is 25.4 Å². The zero-order chi connectivity index (χ0) is 21.6. The molecule has 2 atom stereocenters. The van der Waals surface area contributed by atoms with Gasteiger partial charge in [0, 0.05) is 12.1 Å². The fraction of sp³-hybridized carbons (Fsp3) is 0.389. The third-order valence-electron chi connectivity index (χ3n) is 4.17. The van der Waals surface area contributed by atoms with Crippen LogP contribution in [0.2, 0.25) is 0 Å². The number of likely N-dealkylation sites (tertiary alicyclic amines) is 1. The van der Waals surface area contributed by atoms with Crippen molar-refractivity contribution in [3.8, 4) is 0 Å². The highest BCUT2D eigenvalue weighted by Crippen LogP contribution is 2.29. The highest BCUT2D eigenvalue weighted by atomic mass is 19.4. The van der Waals surface area contributed by atoms with E-state index in [4.69, 9.17) is 9.84 Å². The predicted octanol–water partition coefficient (Wildman–Crippen LogP) is 1.48. The molecule has 1 heterocycles. The van der Waals surface area contributed by atoms with Crippen LogP contribution in [0.1, 0.15) is 15.9 Å². The van der Waals surface area contributed by atoms with Crippen molar-refractivity contribution < 1.29 is 37.4 Å². The van der Waals surface area contributed by atoms with Gasteiger partial charge in [-0.05, 0) is 18.2 Å². The number of halogens is 3. The molecule has 158 valence electrons. The second-order valence-corrected chi connectivity index (χ2v) is 6.28. The van der Waals surface area contributed by atoms with Gasteiger partial charge in [0.05, 0.1) is 37.4 Å². The number of carbonyl (C=O) groups is 3. The van der Waals surface area contributed by atoms with Gasteiger partial charge >= 0.3 is 12.3 Å². The SMILES string of the molecule is C=CCOC1CN(C(=O)O)CC1NC(=O)CNC(=O)c1cccc(C(F)(F)F)c1. The van der Waals surface area contributed by atoms with E-state index < -0.39 is 48.3 Å². The van der Waals surface area contributed by atoms with Crippen LogP contribution in [0.15, 0.2) is 36.9 Å². The van der Waals surface area contributed by atoms with E-state index in [-0.39, 0.29) is 25.3 Å². The Morgan fingerprint density at radius 3 is 2.66 bits per heavy atom. The smallest absolute Gasteiger partial charge is 0.416 e. The molecular weight excluding hydrogens is 395 g/mol. The number of rotatable bonds is 7. The predicted molar refractivity (Wildman–Crippen MR) is 95.2 cm³/mol. The molecular formula is C18H20F3N3O5. The van der Waals surface area contributed by atoms with Crippen LogP contribution in [0.4, 0.5) is 18.0 Å². The molecule has 0 aliphatic carbocycles. The van der Waals surface area contributed by atoms with Gasteiger partial charge in [-0.2, -0.15) is 13.2 Å². The van der Waals surface area contributed by atoms with Crippen molar-refractivity contribution in [2.45, 2.75) is 18.3 Å². The van der Waals surface area contributed by atoms with Crippen molar-refractivity contribution in [3.05, 3.63) is 48.0 Å². The lowest BCUT2D eigenvalue weighted by Crippen LogP contribution is -2.47. The third kappa shape index (κ3) is 6.21. The summed E-state index contributed by atoms with van der Waals surface area (Å²) < 4.78 is 43.6. The molecule has 2 rings (SSSR count). The number of carboxylic acid groups (broad SMARTS) is 1. The average Bonchev–Trinajstić information content (AvgIpc) is 3.06. The Morgan fingerprint density at radius 1 is 1.31 bits per heavy atom. The summed E-state index contributed by atoms with van der Waals surface area (Å²) in [6.07, 6.45) is -4.86. The first-order valence-corrected chi connectivity index (χ1v) is 8.57. The number of hydrogen-bond donors (Lipinski definition) is 3. The Kier molecular flexibility index (Phi) is 7.21. The lowest BCUT2D eigenvalue weighted by molar-refractivity contribution is -0.137. The zero-order valence-corrected chi connectivity index (χ0v) is 15.2. The second kappa shape index (κ2) is 9.41. The summed E-state index contributed by atoms with van der Waals surface area (Å²) in [6.45, 7) is 3.24. The van der Waals surface area contributed by atoms with E-state index in [9.17, 15) is 27.6 Å². The summed E-state index contributed by atoms with van der Waals surface area (Å²) in [6, 6.07) is 3.18. The van der Waals surface area contributed by atoms with E-state index in [1.807, 2.05) is 0 Å². The maximum absolute atomic E-state index is 12.7. The van der Waals surface area contributed by atoms with Gasteiger partial charge in [-0.15, -0.1) is 6.58 Å². The van der Waals surface area contributed by atoms with E-state index in [2.05, 4.69) is 17.2 Å². The summed E-state index contributed by atoms with van der Waals surface area (Å²) in [5.41, 5.74) is -1.21. The fourth-order valence-corrected chi connectivity index (χ4v) is 2.79. The van der Waals surface area contributed by atoms with Crippen molar-refractivity contribution in [2.24, 2.45) is 0 Å². The number of ether oxygens (including phenoxy) is 1. The van der Waals surface area contributed by atoms with Crippen LogP contribution >= 0.6 is 0 Å². The van der Waals surface area contributed by atoms with E-state index in [0.717, 1.165) is 17.0 Å². The van der Waals surface area contributed by atoms with Crippen LogP contribution in [-0.4, -0.2) is 66.3 Å². The number of carbonyl (C=O) groups excluding carboxylic acids is 2. The summed E-state index contributed by atoms with van der Waals surface area (Å²) in [5.74, 6) is -1.47. The first-order chi connectivity index (χ1) is 13.6.